The van der Waals surface area contributed by atoms with E-state index in [0.717, 1.165) is 53.7 Å². The van der Waals surface area contributed by atoms with Crippen LogP contribution in [0.2, 0.25) is 5.02 Å². The summed E-state index contributed by atoms with van der Waals surface area (Å²) in [6.45, 7) is 5.53. The molecule has 0 N–H and O–H groups in total. The van der Waals surface area contributed by atoms with Crippen LogP contribution in [-0.4, -0.2) is 60.7 Å². The van der Waals surface area contributed by atoms with Crippen LogP contribution in [0.4, 0.5) is 5.13 Å². The topological polar surface area (TPSA) is 35.0 Å². The zero-order chi connectivity index (χ0) is 21.2. The predicted octanol–water partition coefficient (Wildman–Crippen LogP) is 3.57. The molecule has 1 unspecified atom stereocenters. The minimum absolute atomic E-state index is 0.226. The molecule has 3 aromatic rings. The number of halogens is 1. The van der Waals surface area contributed by atoms with Gasteiger partial charge in [-0.2, -0.15) is 0 Å². The molecule has 0 saturated carbocycles. The summed E-state index contributed by atoms with van der Waals surface area (Å²) in [6, 6.07) is 14.4. The molecule has 2 aliphatic rings. The molecule has 162 valence electrons. The average Bonchev–Trinajstić information content (AvgIpc) is 3.22. The van der Waals surface area contributed by atoms with Crippen LogP contribution < -0.4 is 15.5 Å². The lowest BCUT2D eigenvalue weighted by Gasteiger charge is -2.34. The van der Waals surface area contributed by atoms with Gasteiger partial charge in [0.15, 0.2) is 5.13 Å². The van der Waals surface area contributed by atoms with Crippen molar-refractivity contribution in [3.63, 3.8) is 0 Å². The SMILES string of the molecule is CN1C=c2cc(Cl)ccc2=NC1CCCCN1CCN(c2nc3ccccc3s2)CC1. The van der Waals surface area contributed by atoms with Crippen molar-refractivity contribution in [2.45, 2.75) is 25.4 Å². The number of benzene rings is 2. The van der Waals surface area contributed by atoms with Gasteiger partial charge in [-0.05, 0) is 56.1 Å². The summed E-state index contributed by atoms with van der Waals surface area (Å²) in [6.07, 6.45) is 5.88. The third-order valence-corrected chi connectivity index (χ3v) is 7.53. The largest absolute Gasteiger partial charge is 0.358 e. The van der Waals surface area contributed by atoms with Crippen LogP contribution in [-0.2, 0) is 0 Å². The van der Waals surface area contributed by atoms with E-state index in [2.05, 4.69) is 52.2 Å². The minimum Gasteiger partial charge on any atom is -0.358 e. The molecule has 0 bridgehead atoms. The van der Waals surface area contributed by atoms with E-state index < -0.39 is 0 Å². The number of unbranched alkanes of at least 4 members (excludes halogenated alkanes) is 1. The number of fused-ring (bicyclic) bond motifs is 2. The summed E-state index contributed by atoms with van der Waals surface area (Å²) in [5.74, 6) is 0. The van der Waals surface area contributed by atoms with Gasteiger partial charge in [-0.25, -0.2) is 4.98 Å². The van der Waals surface area contributed by atoms with Crippen molar-refractivity contribution in [1.29, 1.82) is 0 Å². The Labute approximate surface area is 192 Å². The van der Waals surface area contributed by atoms with Crippen LogP contribution >= 0.6 is 22.9 Å². The van der Waals surface area contributed by atoms with Crippen LogP contribution in [0, 0.1) is 0 Å². The minimum atomic E-state index is 0.226. The molecule has 5 rings (SSSR count). The molecular formula is C24H28ClN5S. The van der Waals surface area contributed by atoms with Crippen LogP contribution in [0.5, 0.6) is 0 Å². The lowest BCUT2D eigenvalue weighted by molar-refractivity contribution is 0.246. The molecule has 0 aliphatic carbocycles. The standard InChI is InChI=1S/C24H28ClN5S/c1-28-17-18-16-19(25)9-10-20(18)26-23(28)8-4-5-11-29-12-14-30(15-13-29)24-27-21-6-2-3-7-22(21)31-24/h2-3,6-7,9-10,16-17,23H,4-5,8,11-15H2,1H3. The highest BCUT2D eigenvalue weighted by Crippen LogP contribution is 2.29. The Hall–Kier alpha value is -2.15. The van der Waals surface area contributed by atoms with Gasteiger partial charge < -0.3 is 9.80 Å². The number of para-hydroxylation sites is 1. The van der Waals surface area contributed by atoms with E-state index in [0.29, 0.717) is 0 Å². The second-order valence-electron chi connectivity index (χ2n) is 8.40. The summed E-state index contributed by atoms with van der Waals surface area (Å²) in [5.41, 5.74) is 1.12. The molecule has 1 atom stereocenters. The lowest BCUT2D eigenvalue weighted by Crippen LogP contribution is -2.46. The predicted molar refractivity (Wildman–Crippen MR) is 130 cm³/mol. The average molecular weight is 454 g/mol. The van der Waals surface area contributed by atoms with Gasteiger partial charge in [0.2, 0.25) is 0 Å². The third kappa shape index (κ3) is 4.71. The first kappa shape index (κ1) is 20.7. The summed E-state index contributed by atoms with van der Waals surface area (Å²) in [4.78, 5) is 17.0. The van der Waals surface area contributed by atoms with Crippen molar-refractivity contribution < 1.29 is 0 Å². The van der Waals surface area contributed by atoms with E-state index in [1.54, 1.807) is 0 Å². The number of hydrogen-bond donors (Lipinski definition) is 0. The molecule has 0 radical (unpaired) electrons. The van der Waals surface area contributed by atoms with Crippen molar-refractivity contribution in [2.75, 3.05) is 44.7 Å². The fraction of sp³-hybridized carbons (Fsp3) is 0.417. The number of nitrogens with zero attached hydrogens (tertiary/aromatic N) is 5. The van der Waals surface area contributed by atoms with Gasteiger partial charge >= 0.3 is 0 Å². The molecule has 0 spiro atoms. The summed E-state index contributed by atoms with van der Waals surface area (Å²) < 4.78 is 1.28. The Morgan fingerprint density at radius 1 is 1.06 bits per heavy atom. The molecule has 31 heavy (non-hydrogen) atoms. The highest BCUT2D eigenvalue weighted by molar-refractivity contribution is 7.22. The zero-order valence-corrected chi connectivity index (χ0v) is 19.4. The maximum atomic E-state index is 6.11. The van der Waals surface area contributed by atoms with E-state index >= 15 is 0 Å². The maximum absolute atomic E-state index is 6.11. The Morgan fingerprint density at radius 2 is 1.90 bits per heavy atom. The monoisotopic (exact) mass is 453 g/mol. The van der Waals surface area contributed by atoms with Crippen LogP contribution in [0.25, 0.3) is 16.4 Å². The van der Waals surface area contributed by atoms with Crippen LogP contribution in [0.15, 0.2) is 47.5 Å². The maximum Gasteiger partial charge on any atom is 0.186 e. The van der Waals surface area contributed by atoms with E-state index in [4.69, 9.17) is 21.6 Å². The van der Waals surface area contributed by atoms with Crippen molar-refractivity contribution in [3.05, 3.63) is 58.1 Å². The summed E-state index contributed by atoms with van der Waals surface area (Å²) >= 11 is 7.92. The van der Waals surface area contributed by atoms with Crippen molar-refractivity contribution >= 4 is 44.5 Å². The Bertz CT molecular complexity index is 1140. The number of thiazole rings is 1. The second-order valence-corrected chi connectivity index (χ2v) is 9.84. The van der Waals surface area contributed by atoms with E-state index in [-0.39, 0.29) is 6.17 Å². The zero-order valence-electron chi connectivity index (χ0n) is 17.9. The molecule has 7 heteroatoms. The quantitative estimate of drug-likeness (QED) is 0.534. The summed E-state index contributed by atoms with van der Waals surface area (Å²) in [5, 5.41) is 4.09. The highest BCUT2D eigenvalue weighted by atomic mass is 35.5. The van der Waals surface area contributed by atoms with Gasteiger partial charge in [-0.3, -0.25) is 9.89 Å². The number of aromatic nitrogens is 1. The highest BCUT2D eigenvalue weighted by Gasteiger charge is 2.20. The van der Waals surface area contributed by atoms with Crippen molar-refractivity contribution in [3.8, 4) is 0 Å². The van der Waals surface area contributed by atoms with E-state index in [1.165, 1.54) is 29.2 Å². The Kier molecular flexibility index (Phi) is 6.12. The van der Waals surface area contributed by atoms with Crippen LogP contribution in [0.1, 0.15) is 19.3 Å². The van der Waals surface area contributed by atoms with Crippen molar-refractivity contribution in [1.82, 2.24) is 14.8 Å². The second kappa shape index (κ2) is 9.15. The van der Waals surface area contributed by atoms with Gasteiger partial charge in [0.25, 0.3) is 0 Å². The number of anilines is 1. The van der Waals surface area contributed by atoms with Gasteiger partial charge in [-0.1, -0.05) is 35.1 Å². The number of hydrogen-bond acceptors (Lipinski definition) is 6. The van der Waals surface area contributed by atoms with Gasteiger partial charge in [0, 0.05) is 49.7 Å². The fourth-order valence-electron chi connectivity index (χ4n) is 4.39. The molecule has 1 saturated heterocycles. The Balaban J connectivity index is 1.08. The molecule has 0 amide bonds. The fourth-order valence-corrected chi connectivity index (χ4v) is 5.59. The third-order valence-electron chi connectivity index (χ3n) is 6.20. The molecule has 1 fully saturated rings. The van der Waals surface area contributed by atoms with Gasteiger partial charge in [-0.15, -0.1) is 0 Å². The molecule has 1 aromatic heterocycles. The lowest BCUT2D eigenvalue weighted by atomic mass is 10.1. The van der Waals surface area contributed by atoms with Gasteiger partial charge in [0.1, 0.15) is 6.17 Å². The Morgan fingerprint density at radius 3 is 2.74 bits per heavy atom. The first-order chi connectivity index (χ1) is 15.2. The first-order valence-corrected chi connectivity index (χ1v) is 12.3. The smallest absolute Gasteiger partial charge is 0.186 e. The molecule has 5 nitrogen and oxygen atoms in total. The van der Waals surface area contributed by atoms with Crippen molar-refractivity contribution in [2.24, 2.45) is 4.99 Å². The van der Waals surface area contributed by atoms with E-state index in [1.807, 2.05) is 29.5 Å². The summed E-state index contributed by atoms with van der Waals surface area (Å²) in [7, 11) is 2.11. The molecular weight excluding hydrogens is 426 g/mol. The van der Waals surface area contributed by atoms with Gasteiger partial charge in [0.05, 0.1) is 15.6 Å². The normalized spacial score (nSPS) is 19.2. The van der Waals surface area contributed by atoms with E-state index in [9.17, 15) is 0 Å². The number of rotatable bonds is 6. The number of piperazine rings is 1. The molecule has 3 heterocycles. The van der Waals surface area contributed by atoms with Crippen LogP contribution in [0.3, 0.4) is 0 Å². The molecule has 2 aromatic carbocycles. The first-order valence-electron chi connectivity index (χ1n) is 11.1. The molecule has 2 aliphatic heterocycles.